The van der Waals surface area contributed by atoms with Crippen molar-refractivity contribution < 1.29 is 9.53 Å². The minimum atomic E-state index is -0.221. The van der Waals surface area contributed by atoms with Crippen molar-refractivity contribution in [3.8, 4) is 5.75 Å². The summed E-state index contributed by atoms with van der Waals surface area (Å²) in [6, 6.07) is 5.26. The molecule has 0 bridgehead atoms. The molecule has 2 N–H and O–H groups in total. The van der Waals surface area contributed by atoms with Gasteiger partial charge in [-0.15, -0.1) is 0 Å². The fraction of sp³-hybridized carbons (Fsp3) is 0.417. The van der Waals surface area contributed by atoms with Gasteiger partial charge in [0, 0.05) is 22.8 Å². The van der Waals surface area contributed by atoms with Crippen molar-refractivity contribution >= 4 is 27.6 Å². The third kappa shape index (κ3) is 5.08. The Morgan fingerprint density at radius 1 is 1.41 bits per heavy atom. The van der Waals surface area contributed by atoms with Gasteiger partial charge in [0.2, 0.25) is 0 Å². The highest BCUT2D eigenvalue weighted by Crippen LogP contribution is 2.25. The number of rotatable bonds is 4. The lowest BCUT2D eigenvalue weighted by molar-refractivity contribution is 0.242. The topological polar surface area (TPSA) is 50.4 Å². The van der Waals surface area contributed by atoms with Gasteiger partial charge in [0.15, 0.2) is 0 Å². The van der Waals surface area contributed by atoms with E-state index in [0.29, 0.717) is 12.2 Å². The molecular weight excluding hydrogens is 284 g/mol. The molecular formula is C12H17BrN2O2. The molecule has 0 spiro atoms. The summed E-state index contributed by atoms with van der Waals surface area (Å²) in [4.78, 5) is 11.4. The number of nitrogens with one attached hydrogen (secondary N) is 2. The Labute approximate surface area is 110 Å². The summed E-state index contributed by atoms with van der Waals surface area (Å²) in [5, 5.41) is 5.40. The number of anilines is 1. The molecule has 0 aliphatic heterocycles. The molecule has 0 atom stereocenters. The van der Waals surface area contributed by atoms with Gasteiger partial charge in [-0.25, -0.2) is 4.79 Å². The molecule has 0 aromatic heterocycles. The number of carbonyl (C=O) groups excluding carboxylic acids is 1. The maximum absolute atomic E-state index is 11.4. The van der Waals surface area contributed by atoms with Crippen molar-refractivity contribution in [3.05, 3.63) is 22.7 Å². The van der Waals surface area contributed by atoms with E-state index in [4.69, 9.17) is 4.74 Å². The summed E-state index contributed by atoms with van der Waals surface area (Å²) in [6.45, 7) is 6.37. The van der Waals surface area contributed by atoms with Gasteiger partial charge >= 0.3 is 6.03 Å². The first kappa shape index (κ1) is 13.8. The molecule has 0 saturated carbocycles. The van der Waals surface area contributed by atoms with Gasteiger partial charge in [-0.2, -0.15) is 0 Å². The minimum Gasteiger partial charge on any atom is -0.491 e. The van der Waals surface area contributed by atoms with Crippen molar-refractivity contribution in [1.82, 2.24) is 5.32 Å². The molecule has 2 amide bonds. The zero-order valence-corrected chi connectivity index (χ0v) is 11.8. The van der Waals surface area contributed by atoms with Crippen LogP contribution in [0.15, 0.2) is 22.7 Å². The quantitative estimate of drug-likeness (QED) is 0.895. The monoisotopic (exact) mass is 300 g/mol. The molecule has 1 aromatic carbocycles. The summed E-state index contributed by atoms with van der Waals surface area (Å²) in [6.07, 6.45) is 0.0987. The largest absolute Gasteiger partial charge is 0.491 e. The highest BCUT2D eigenvalue weighted by molar-refractivity contribution is 9.10. The van der Waals surface area contributed by atoms with Crippen LogP contribution >= 0.6 is 15.9 Å². The van der Waals surface area contributed by atoms with Gasteiger partial charge in [0.25, 0.3) is 0 Å². The van der Waals surface area contributed by atoms with Crippen LogP contribution in [0.2, 0.25) is 0 Å². The van der Waals surface area contributed by atoms with E-state index in [2.05, 4.69) is 26.6 Å². The van der Waals surface area contributed by atoms with E-state index in [9.17, 15) is 4.79 Å². The molecule has 0 heterocycles. The van der Waals surface area contributed by atoms with Crippen molar-refractivity contribution in [2.24, 2.45) is 0 Å². The molecule has 0 aliphatic rings. The number of carbonyl (C=O) groups is 1. The molecule has 0 aliphatic carbocycles. The first-order valence-electron chi connectivity index (χ1n) is 5.53. The molecule has 0 radical (unpaired) electrons. The van der Waals surface area contributed by atoms with Gasteiger partial charge < -0.3 is 15.4 Å². The van der Waals surface area contributed by atoms with Gasteiger partial charge in [0.1, 0.15) is 5.75 Å². The molecule has 0 fully saturated rings. The van der Waals surface area contributed by atoms with Crippen LogP contribution in [-0.4, -0.2) is 18.7 Å². The van der Waals surface area contributed by atoms with Crippen LogP contribution < -0.4 is 15.4 Å². The SMILES string of the molecule is CCNC(=O)Nc1cc(Br)cc(OC(C)C)c1. The molecule has 1 aromatic rings. The number of benzene rings is 1. The van der Waals surface area contributed by atoms with Gasteiger partial charge in [0.05, 0.1) is 6.10 Å². The third-order valence-corrected chi connectivity index (χ3v) is 2.30. The lowest BCUT2D eigenvalue weighted by atomic mass is 10.3. The van der Waals surface area contributed by atoms with Gasteiger partial charge in [-0.1, -0.05) is 15.9 Å². The molecule has 0 unspecified atom stereocenters. The van der Waals surface area contributed by atoms with Crippen LogP contribution in [0.4, 0.5) is 10.5 Å². The highest BCUT2D eigenvalue weighted by atomic mass is 79.9. The highest BCUT2D eigenvalue weighted by Gasteiger charge is 2.05. The van der Waals surface area contributed by atoms with E-state index in [1.165, 1.54) is 0 Å². The summed E-state index contributed by atoms with van der Waals surface area (Å²) in [5.41, 5.74) is 0.695. The number of urea groups is 1. The first-order chi connectivity index (χ1) is 8.01. The van der Waals surface area contributed by atoms with Crippen LogP contribution in [0.1, 0.15) is 20.8 Å². The van der Waals surface area contributed by atoms with Crippen molar-refractivity contribution in [2.75, 3.05) is 11.9 Å². The second kappa shape index (κ2) is 6.49. The summed E-state index contributed by atoms with van der Waals surface area (Å²) in [5.74, 6) is 0.723. The maximum atomic E-state index is 11.4. The maximum Gasteiger partial charge on any atom is 0.319 e. The fourth-order valence-corrected chi connectivity index (χ4v) is 1.78. The van der Waals surface area contributed by atoms with Crippen LogP contribution in [0.25, 0.3) is 0 Å². The molecule has 5 heteroatoms. The Hall–Kier alpha value is -1.23. The van der Waals surface area contributed by atoms with E-state index in [-0.39, 0.29) is 12.1 Å². The zero-order valence-electron chi connectivity index (χ0n) is 10.2. The van der Waals surface area contributed by atoms with Crippen molar-refractivity contribution in [3.63, 3.8) is 0 Å². The average molecular weight is 301 g/mol. The van der Waals surface area contributed by atoms with E-state index >= 15 is 0 Å². The molecule has 94 valence electrons. The van der Waals surface area contributed by atoms with Crippen LogP contribution in [-0.2, 0) is 0 Å². The Morgan fingerprint density at radius 3 is 2.71 bits per heavy atom. The second-order valence-corrected chi connectivity index (χ2v) is 4.74. The lowest BCUT2D eigenvalue weighted by Crippen LogP contribution is -2.28. The second-order valence-electron chi connectivity index (χ2n) is 3.83. The van der Waals surface area contributed by atoms with Gasteiger partial charge in [-0.05, 0) is 32.9 Å². The smallest absolute Gasteiger partial charge is 0.319 e. The molecule has 17 heavy (non-hydrogen) atoms. The van der Waals surface area contributed by atoms with Crippen LogP contribution in [0.3, 0.4) is 0 Å². The Morgan fingerprint density at radius 2 is 2.12 bits per heavy atom. The number of amides is 2. The van der Waals surface area contributed by atoms with Crippen molar-refractivity contribution in [2.45, 2.75) is 26.9 Å². The van der Waals surface area contributed by atoms with Crippen LogP contribution in [0, 0.1) is 0 Å². The zero-order chi connectivity index (χ0) is 12.8. The Kier molecular flexibility index (Phi) is 5.28. The number of halogens is 1. The first-order valence-corrected chi connectivity index (χ1v) is 6.32. The van der Waals surface area contributed by atoms with Gasteiger partial charge in [-0.3, -0.25) is 0 Å². The Bertz CT molecular complexity index is 394. The van der Waals surface area contributed by atoms with Crippen LogP contribution in [0.5, 0.6) is 5.75 Å². The predicted octanol–water partition coefficient (Wildman–Crippen LogP) is 3.38. The third-order valence-electron chi connectivity index (χ3n) is 1.84. The number of ether oxygens (including phenoxy) is 1. The minimum absolute atomic E-state index is 0.0987. The number of hydrogen-bond donors (Lipinski definition) is 2. The molecule has 1 rings (SSSR count). The van der Waals surface area contributed by atoms with E-state index < -0.39 is 0 Å². The number of hydrogen-bond acceptors (Lipinski definition) is 2. The Balaban J connectivity index is 2.78. The van der Waals surface area contributed by atoms with E-state index in [1.54, 1.807) is 6.07 Å². The normalized spacial score (nSPS) is 10.2. The average Bonchev–Trinajstić information content (AvgIpc) is 2.14. The summed E-state index contributed by atoms with van der Waals surface area (Å²) >= 11 is 3.38. The predicted molar refractivity (Wildman–Crippen MR) is 72.6 cm³/mol. The standard InChI is InChI=1S/C12H17BrN2O2/c1-4-14-12(16)15-10-5-9(13)6-11(7-10)17-8(2)3/h5-8H,4H2,1-3H3,(H2,14,15,16). The summed E-state index contributed by atoms with van der Waals surface area (Å²) < 4.78 is 6.44. The lowest BCUT2D eigenvalue weighted by Gasteiger charge is -2.12. The summed E-state index contributed by atoms with van der Waals surface area (Å²) in [7, 11) is 0. The molecule has 4 nitrogen and oxygen atoms in total. The fourth-order valence-electron chi connectivity index (χ4n) is 1.31. The molecule has 0 saturated heterocycles. The van der Waals surface area contributed by atoms with Crippen molar-refractivity contribution in [1.29, 1.82) is 0 Å². The van der Waals surface area contributed by atoms with E-state index in [1.807, 2.05) is 32.9 Å². The van der Waals surface area contributed by atoms with E-state index in [0.717, 1.165) is 10.2 Å².